The lowest BCUT2D eigenvalue weighted by molar-refractivity contribution is 0.490. The van der Waals surface area contributed by atoms with Gasteiger partial charge in [0.15, 0.2) is 0 Å². The van der Waals surface area contributed by atoms with E-state index in [1.54, 1.807) is 11.3 Å². The second-order valence-electron chi connectivity index (χ2n) is 15.6. The van der Waals surface area contributed by atoms with Crippen molar-refractivity contribution >= 4 is 38.6 Å². The number of nitrogens with zero attached hydrogens (tertiary/aromatic N) is 2. The molecule has 0 spiro atoms. The summed E-state index contributed by atoms with van der Waals surface area (Å²) in [7, 11) is 0. The van der Waals surface area contributed by atoms with Crippen LogP contribution in [0.5, 0.6) is 0 Å². The van der Waals surface area contributed by atoms with Gasteiger partial charge in [0, 0.05) is 33.5 Å². The van der Waals surface area contributed by atoms with E-state index in [0.29, 0.717) is 0 Å². The summed E-state index contributed by atoms with van der Waals surface area (Å²) < 4.78 is 1.24. The van der Waals surface area contributed by atoms with E-state index in [2.05, 4.69) is 190 Å². The summed E-state index contributed by atoms with van der Waals surface area (Å²) in [6.07, 6.45) is 4.18. The number of thiazole rings is 1. The lowest BCUT2D eigenvalue weighted by Crippen LogP contribution is -2.23. The molecule has 0 saturated carbocycles. The number of para-hydroxylation sites is 3. The van der Waals surface area contributed by atoms with Crippen molar-refractivity contribution in [2.24, 2.45) is 0 Å². The van der Waals surface area contributed by atoms with E-state index in [9.17, 15) is 0 Å². The number of hydrogen-bond acceptors (Lipinski definition) is 3. The number of hydrogen-bond donors (Lipinski definition) is 0. The first-order valence-corrected chi connectivity index (χ1v) is 21.2. The first kappa shape index (κ1) is 34.7. The highest BCUT2D eigenvalue weighted by Gasteiger charge is 2.43. The molecule has 0 fully saturated rings. The Balaban J connectivity index is 1.05. The molecule has 0 atom stereocenters. The summed E-state index contributed by atoms with van der Waals surface area (Å²) in [5, 5.41) is 1.10. The zero-order chi connectivity index (χ0) is 38.0. The molecule has 0 amide bonds. The smallest absolute Gasteiger partial charge is 0.124 e. The van der Waals surface area contributed by atoms with Crippen molar-refractivity contribution in [3.05, 3.63) is 180 Å². The van der Waals surface area contributed by atoms with E-state index >= 15 is 0 Å². The maximum Gasteiger partial charge on any atom is 0.124 e. The van der Waals surface area contributed by atoms with Crippen LogP contribution in [0.1, 0.15) is 75.6 Å². The molecule has 2 aliphatic rings. The molecule has 0 aliphatic heterocycles. The molecule has 0 bridgehead atoms. The predicted molar refractivity (Wildman–Crippen MR) is 239 cm³/mol. The van der Waals surface area contributed by atoms with Crippen molar-refractivity contribution in [3.63, 3.8) is 0 Å². The summed E-state index contributed by atoms with van der Waals surface area (Å²) in [4.78, 5) is 7.43. The molecule has 0 saturated heterocycles. The van der Waals surface area contributed by atoms with Crippen LogP contribution in [0.15, 0.2) is 158 Å². The van der Waals surface area contributed by atoms with Gasteiger partial charge >= 0.3 is 0 Å². The van der Waals surface area contributed by atoms with Gasteiger partial charge in [0.25, 0.3) is 0 Å². The summed E-state index contributed by atoms with van der Waals surface area (Å²) in [5.74, 6) is 0. The SMILES string of the molecule is CCC1(CC)c2cc(-c3ccc4c(c3)C(CC)(CC)c3cc(N(c5ccccc5)c5ccccc5)ccc3-4)ccc2-c2ccc(-c3nc4ccccc4s3)cc21. The Labute approximate surface area is 335 Å². The second-order valence-corrected chi connectivity index (χ2v) is 16.6. The molecule has 10 rings (SSSR count). The van der Waals surface area contributed by atoms with Gasteiger partial charge in [0.2, 0.25) is 0 Å². The fourth-order valence-corrected chi connectivity index (χ4v) is 11.2. The maximum absolute atomic E-state index is 5.04. The van der Waals surface area contributed by atoms with E-state index in [0.717, 1.165) is 47.6 Å². The number of benzene rings is 7. The van der Waals surface area contributed by atoms with Crippen LogP contribution >= 0.6 is 11.3 Å². The Hall–Kier alpha value is -5.77. The normalized spacial score (nSPS) is 14.3. The van der Waals surface area contributed by atoms with Crippen LogP contribution in [0.25, 0.3) is 54.2 Å². The van der Waals surface area contributed by atoms with Gasteiger partial charge in [-0.3, -0.25) is 0 Å². The molecule has 0 N–H and O–H groups in total. The molecule has 1 aromatic heterocycles. The van der Waals surface area contributed by atoms with Crippen LogP contribution in [-0.4, -0.2) is 4.98 Å². The van der Waals surface area contributed by atoms with E-state index in [-0.39, 0.29) is 10.8 Å². The highest BCUT2D eigenvalue weighted by atomic mass is 32.1. The molecule has 7 aromatic carbocycles. The average molecular weight is 743 g/mol. The predicted octanol–water partition coefficient (Wildman–Crippen LogP) is 15.3. The van der Waals surface area contributed by atoms with Crippen LogP contribution in [0.3, 0.4) is 0 Å². The Morgan fingerprint density at radius 1 is 0.429 bits per heavy atom. The first-order valence-electron chi connectivity index (χ1n) is 20.4. The number of fused-ring (bicyclic) bond motifs is 7. The minimum atomic E-state index is -0.0731. The van der Waals surface area contributed by atoms with Crippen molar-refractivity contribution in [2.75, 3.05) is 4.90 Å². The Bertz CT molecular complexity index is 2680. The van der Waals surface area contributed by atoms with Gasteiger partial charge in [0.05, 0.1) is 10.2 Å². The largest absolute Gasteiger partial charge is 0.310 e. The fraction of sp³-hybridized carbons (Fsp3) is 0.189. The summed E-state index contributed by atoms with van der Waals surface area (Å²) in [6.45, 7) is 9.49. The van der Waals surface area contributed by atoms with Gasteiger partial charge in [-0.25, -0.2) is 4.98 Å². The monoisotopic (exact) mass is 742 g/mol. The van der Waals surface area contributed by atoms with Crippen LogP contribution < -0.4 is 4.90 Å². The van der Waals surface area contributed by atoms with Crippen molar-refractivity contribution in [1.82, 2.24) is 4.98 Å². The zero-order valence-corrected chi connectivity index (χ0v) is 33.5. The van der Waals surface area contributed by atoms with Crippen LogP contribution in [-0.2, 0) is 10.8 Å². The summed E-state index contributed by atoms with van der Waals surface area (Å²) >= 11 is 1.79. The lowest BCUT2D eigenvalue weighted by atomic mass is 9.72. The maximum atomic E-state index is 5.04. The number of rotatable bonds is 9. The number of aromatic nitrogens is 1. The Kier molecular flexibility index (Phi) is 8.34. The quantitative estimate of drug-likeness (QED) is 0.146. The lowest BCUT2D eigenvalue weighted by Gasteiger charge is -2.32. The van der Waals surface area contributed by atoms with E-state index in [4.69, 9.17) is 4.98 Å². The van der Waals surface area contributed by atoms with Crippen LogP contribution in [0.4, 0.5) is 17.1 Å². The third-order valence-electron chi connectivity index (χ3n) is 13.3. The van der Waals surface area contributed by atoms with Crippen molar-refractivity contribution in [1.29, 1.82) is 0 Å². The third-order valence-corrected chi connectivity index (χ3v) is 14.4. The van der Waals surface area contributed by atoms with Gasteiger partial charge in [0.1, 0.15) is 5.01 Å². The van der Waals surface area contributed by atoms with Gasteiger partial charge in [-0.2, -0.15) is 0 Å². The summed E-state index contributed by atoms with van der Waals surface area (Å²) in [5.41, 5.74) is 19.6. The minimum Gasteiger partial charge on any atom is -0.310 e. The van der Waals surface area contributed by atoms with Crippen LogP contribution in [0, 0.1) is 0 Å². The first-order chi connectivity index (χ1) is 27.5. The zero-order valence-electron chi connectivity index (χ0n) is 32.6. The second kappa shape index (κ2) is 13.5. The Morgan fingerprint density at radius 2 is 0.857 bits per heavy atom. The van der Waals surface area contributed by atoms with Gasteiger partial charge in [-0.15, -0.1) is 11.3 Å². The van der Waals surface area contributed by atoms with E-state index < -0.39 is 0 Å². The Morgan fingerprint density at radius 3 is 1.36 bits per heavy atom. The standard InChI is InChI=1S/C53H46N2S/c1-5-52(6-2)45-31-35(23-27-41(45)43-29-25-37(33-47(43)52)51-54-49-21-15-16-22-50(49)56-51)36-24-28-42-44-30-26-40(34-48(44)53(7-3,8-4)46(42)32-36)55(38-17-11-9-12-18-38)39-19-13-10-14-20-39/h9-34H,5-8H2,1-4H3. The highest BCUT2D eigenvalue weighted by molar-refractivity contribution is 7.21. The molecule has 56 heavy (non-hydrogen) atoms. The van der Waals surface area contributed by atoms with Gasteiger partial charge in [-0.05, 0) is 148 Å². The van der Waals surface area contributed by atoms with Crippen LogP contribution in [0.2, 0.25) is 0 Å². The van der Waals surface area contributed by atoms with Crippen molar-refractivity contribution in [3.8, 4) is 44.0 Å². The fourth-order valence-electron chi connectivity index (χ4n) is 10.2. The molecule has 8 aromatic rings. The average Bonchev–Trinajstić information content (AvgIpc) is 3.91. The van der Waals surface area contributed by atoms with Crippen molar-refractivity contribution in [2.45, 2.75) is 64.2 Å². The topological polar surface area (TPSA) is 16.1 Å². The summed E-state index contributed by atoms with van der Waals surface area (Å²) in [6, 6.07) is 58.8. The van der Waals surface area contributed by atoms with E-state index in [1.807, 2.05) is 0 Å². The van der Waals surface area contributed by atoms with E-state index in [1.165, 1.54) is 71.6 Å². The molecule has 3 heteroatoms. The molecular weight excluding hydrogens is 697 g/mol. The number of anilines is 3. The molecule has 2 nitrogen and oxygen atoms in total. The highest BCUT2D eigenvalue weighted by Crippen LogP contribution is 2.57. The molecule has 1 heterocycles. The molecule has 274 valence electrons. The molecular formula is C53H46N2S. The molecule has 0 unspecified atom stereocenters. The van der Waals surface area contributed by atoms with Gasteiger partial charge < -0.3 is 4.90 Å². The molecule has 2 aliphatic carbocycles. The molecule has 0 radical (unpaired) electrons. The minimum absolute atomic E-state index is 0.0449. The third kappa shape index (κ3) is 5.10. The van der Waals surface area contributed by atoms with Crippen molar-refractivity contribution < 1.29 is 0 Å². The van der Waals surface area contributed by atoms with Gasteiger partial charge in [-0.1, -0.05) is 119 Å².